The number of nitrogens with zero attached hydrogens (tertiary/aromatic N) is 1. The number of nitrogens with two attached hydrogens (primary N) is 1. The number of fused-ring (bicyclic) bond motifs is 2. The summed E-state index contributed by atoms with van der Waals surface area (Å²) in [7, 11) is 0. The van der Waals surface area contributed by atoms with E-state index >= 15 is 0 Å². The minimum atomic E-state index is -5.08. The number of Topliss-reactive ketones (excluding diaryl/α,β-unsaturated/α-hetero) is 1. The molecule has 0 radical (unpaired) electrons. The maximum absolute atomic E-state index is 12.7. The van der Waals surface area contributed by atoms with E-state index in [2.05, 4.69) is 29.6 Å². The van der Waals surface area contributed by atoms with Gasteiger partial charge in [0.05, 0.1) is 0 Å². The minimum absolute atomic E-state index is 0. The molecule has 1 amide bonds. The topological polar surface area (TPSA) is 159 Å². The smallest absolute Gasteiger partial charge is 0.475 e. The molecule has 6 rings (SSSR count). The van der Waals surface area contributed by atoms with E-state index in [-0.39, 0.29) is 32.2 Å². The van der Waals surface area contributed by atoms with E-state index in [9.17, 15) is 35.9 Å². The molecule has 0 bridgehead atoms. The number of benzene rings is 2. The second-order valence-corrected chi connectivity index (χ2v) is 14.0. The monoisotopic (exact) mass is 750 g/mol. The van der Waals surface area contributed by atoms with E-state index in [1.807, 2.05) is 45.0 Å². The first-order valence-corrected chi connectivity index (χ1v) is 16.3. The number of rotatable bonds is 0. The van der Waals surface area contributed by atoms with Crippen molar-refractivity contribution < 1.29 is 61.9 Å². The van der Waals surface area contributed by atoms with Crippen LogP contribution in [0.2, 0.25) is 0 Å². The van der Waals surface area contributed by atoms with E-state index in [1.165, 1.54) is 30.4 Å². The van der Waals surface area contributed by atoms with Gasteiger partial charge in [-0.25, -0.2) is 14.4 Å². The van der Waals surface area contributed by atoms with Crippen LogP contribution in [0.15, 0.2) is 48.5 Å². The van der Waals surface area contributed by atoms with Gasteiger partial charge in [0, 0.05) is 31.5 Å². The number of alkyl halides is 6. The van der Waals surface area contributed by atoms with E-state index in [0.29, 0.717) is 18.5 Å². The van der Waals surface area contributed by atoms with Crippen LogP contribution >= 0.6 is 0 Å². The van der Waals surface area contributed by atoms with Crippen LogP contribution in [0.4, 0.5) is 31.1 Å². The number of carbonyl (C=O) groups excluding carboxylic acids is 2. The van der Waals surface area contributed by atoms with Gasteiger partial charge >= 0.3 is 30.4 Å². The molecule has 2 fully saturated rings. The molecule has 0 saturated carbocycles. The summed E-state index contributed by atoms with van der Waals surface area (Å²) in [6.07, 6.45) is -4.55. The zero-order valence-corrected chi connectivity index (χ0v) is 28.5. The van der Waals surface area contributed by atoms with Gasteiger partial charge in [0.15, 0.2) is 5.78 Å². The highest BCUT2D eigenvalue weighted by molar-refractivity contribution is 6.05. The third-order valence-corrected chi connectivity index (χ3v) is 9.32. The van der Waals surface area contributed by atoms with Gasteiger partial charge in [-0.3, -0.25) is 4.79 Å². The van der Waals surface area contributed by atoms with E-state index in [0.717, 1.165) is 43.5 Å². The van der Waals surface area contributed by atoms with Crippen LogP contribution in [-0.4, -0.2) is 83.1 Å². The first-order chi connectivity index (χ1) is 23.5. The van der Waals surface area contributed by atoms with Gasteiger partial charge in [-0.15, -0.1) is 0 Å². The number of ether oxygens (including phenoxy) is 1. The molecule has 292 valence electrons. The normalized spacial score (nSPS) is 19.6. The molecule has 2 aliphatic carbocycles. The Hall–Kier alpha value is -4.18. The van der Waals surface area contributed by atoms with Gasteiger partial charge in [0.25, 0.3) is 0 Å². The number of carbonyl (C=O) groups is 4. The van der Waals surface area contributed by atoms with Crippen LogP contribution in [0, 0.1) is 10.8 Å². The number of hydrogen-bond acceptors (Lipinski definition) is 7. The number of amides is 1. The number of halogens is 6. The summed E-state index contributed by atoms with van der Waals surface area (Å²) in [6, 6.07) is 16.8. The Balaban J connectivity index is 0.000000393. The van der Waals surface area contributed by atoms with Crippen molar-refractivity contribution in [1.29, 1.82) is 0 Å². The average Bonchev–Trinajstić information content (AvgIpc) is 3.46. The van der Waals surface area contributed by atoms with Crippen molar-refractivity contribution in [2.45, 2.75) is 90.7 Å². The first kappa shape index (κ1) is 44.0. The lowest BCUT2D eigenvalue weighted by atomic mass is 9.73. The Kier molecular flexibility index (Phi) is 14.5. The standard InChI is InChI=1S/C18H23NO3.C13H18N2.2C2HF3O2.CH4.H2/c1-17(2,3)22-16(21)19-10-8-18(9-11-19)12-13-6-4-5-7-14(13)15(18)20;14-12-11-4-2-1-3-10(11)9-13(12)5-7-15-8-6-13;2*3-2(4,5)1(6)7;;/h4-7H,8-12H2,1-3H3;1-4,12,15H,5-9,14H2;2*(H,6,7);1H4;1H/i;;;;;1+1. The maximum atomic E-state index is 12.7. The van der Waals surface area contributed by atoms with Crippen LogP contribution in [0.5, 0.6) is 0 Å². The molecule has 52 heavy (non-hydrogen) atoms. The fourth-order valence-corrected chi connectivity index (χ4v) is 6.70. The molecular formula is C36H49F6N3O7. The molecule has 2 spiro atoms. The third-order valence-electron chi connectivity index (χ3n) is 9.32. The van der Waals surface area contributed by atoms with Gasteiger partial charge in [0.2, 0.25) is 0 Å². The van der Waals surface area contributed by atoms with Crippen molar-refractivity contribution in [3.63, 3.8) is 0 Å². The predicted molar refractivity (Wildman–Crippen MR) is 182 cm³/mol. The summed E-state index contributed by atoms with van der Waals surface area (Å²) in [6.45, 7) is 9.04. The van der Waals surface area contributed by atoms with Gasteiger partial charge < -0.3 is 30.9 Å². The molecule has 2 aromatic carbocycles. The van der Waals surface area contributed by atoms with E-state index in [1.54, 1.807) is 4.90 Å². The Labute approximate surface area is 300 Å². The van der Waals surface area contributed by atoms with E-state index in [4.69, 9.17) is 30.3 Å². The van der Waals surface area contributed by atoms with Gasteiger partial charge in [-0.05, 0) is 94.5 Å². The molecule has 10 nitrogen and oxygen atoms in total. The lowest BCUT2D eigenvalue weighted by Gasteiger charge is -2.38. The highest BCUT2D eigenvalue weighted by Crippen LogP contribution is 2.49. The minimum Gasteiger partial charge on any atom is -0.475 e. The molecule has 1 unspecified atom stereocenters. The van der Waals surface area contributed by atoms with Crippen molar-refractivity contribution in [3.05, 3.63) is 70.8 Å². The van der Waals surface area contributed by atoms with Gasteiger partial charge in [-0.1, -0.05) is 56.0 Å². The van der Waals surface area contributed by atoms with Crippen molar-refractivity contribution in [3.8, 4) is 0 Å². The fourth-order valence-electron chi connectivity index (χ4n) is 6.70. The third kappa shape index (κ3) is 11.2. The molecule has 2 saturated heterocycles. The summed E-state index contributed by atoms with van der Waals surface area (Å²) < 4.78 is 68.9. The summed E-state index contributed by atoms with van der Waals surface area (Å²) >= 11 is 0. The van der Waals surface area contributed by atoms with Gasteiger partial charge in [0.1, 0.15) is 5.60 Å². The van der Waals surface area contributed by atoms with Crippen LogP contribution < -0.4 is 11.1 Å². The molecule has 1 atom stereocenters. The second-order valence-electron chi connectivity index (χ2n) is 14.0. The lowest BCUT2D eigenvalue weighted by molar-refractivity contribution is -0.193. The van der Waals surface area contributed by atoms with Crippen LogP contribution in [0.25, 0.3) is 0 Å². The SMILES string of the molecule is C.CC(C)(C)OC(=O)N1CCC2(CC1)Cc1ccccc1C2=O.NC1c2ccccc2CC12CCNCC2.O=C(O)C(F)(F)F.O=C(O)C(F)(F)F.[2HH]. The zero-order chi connectivity index (χ0) is 38.4. The molecule has 0 aromatic heterocycles. The summed E-state index contributed by atoms with van der Waals surface area (Å²) in [5.74, 6) is -5.26. The number of piperidine rings is 2. The highest BCUT2D eigenvalue weighted by Gasteiger charge is 2.48. The predicted octanol–water partition coefficient (Wildman–Crippen LogP) is 7.20. The Morgan fingerprint density at radius 1 is 0.827 bits per heavy atom. The first-order valence-electron chi connectivity index (χ1n) is 16.3. The Morgan fingerprint density at radius 3 is 1.73 bits per heavy atom. The number of nitrogens with one attached hydrogen (secondary N) is 1. The molecule has 2 heterocycles. The number of carboxylic acid groups (broad SMARTS) is 2. The largest absolute Gasteiger partial charge is 0.490 e. The molecule has 2 aliphatic heterocycles. The van der Waals surface area contributed by atoms with E-state index < -0.39 is 29.9 Å². The average molecular weight is 751 g/mol. The Morgan fingerprint density at radius 2 is 1.29 bits per heavy atom. The van der Waals surface area contributed by atoms with Gasteiger partial charge in [-0.2, -0.15) is 26.3 Å². The van der Waals surface area contributed by atoms with Crippen molar-refractivity contribution in [2.75, 3.05) is 26.2 Å². The molecule has 4 aliphatic rings. The lowest BCUT2D eigenvalue weighted by Crippen LogP contribution is -2.47. The molecule has 2 aromatic rings. The number of aliphatic carboxylic acids is 2. The fraction of sp³-hybridized carbons (Fsp3) is 0.556. The Bertz CT molecular complexity index is 1540. The quantitative estimate of drug-likeness (QED) is 0.204. The van der Waals surface area contributed by atoms with Crippen LogP contribution in [0.3, 0.4) is 0 Å². The maximum Gasteiger partial charge on any atom is 0.490 e. The molecular weight excluding hydrogens is 700 g/mol. The summed E-state index contributed by atoms with van der Waals surface area (Å²) in [4.78, 5) is 44.4. The molecule has 16 heteroatoms. The zero-order valence-electron chi connectivity index (χ0n) is 28.5. The number of ketones is 1. The highest BCUT2D eigenvalue weighted by atomic mass is 19.4. The van der Waals surface area contributed by atoms with Crippen molar-refractivity contribution >= 4 is 23.8 Å². The number of carboxylic acids is 2. The summed E-state index contributed by atoms with van der Waals surface area (Å²) in [5, 5.41) is 17.7. The van der Waals surface area contributed by atoms with Crippen LogP contribution in [0.1, 0.15) is 88.4 Å². The number of likely N-dealkylation sites (tertiary alicyclic amines) is 1. The van der Waals surface area contributed by atoms with Crippen molar-refractivity contribution in [1.82, 2.24) is 10.2 Å². The summed E-state index contributed by atoms with van der Waals surface area (Å²) in [5.41, 5.74) is 10.9. The number of hydrogen-bond donors (Lipinski definition) is 4. The molecule has 5 N–H and O–H groups in total. The van der Waals surface area contributed by atoms with Crippen LogP contribution in [-0.2, 0) is 27.2 Å². The second kappa shape index (κ2) is 17.1. The van der Waals surface area contributed by atoms with Crippen molar-refractivity contribution in [2.24, 2.45) is 16.6 Å².